The second-order valence-electron chi connectivity index (χ2n) is 5.27. The van der Waals surface area contributed by atoms with Crippen molar-refractivity contribution in [3.63, 3.8) is 0 Å². The van der Waals surface area contributed by atoms with Gasteiger partial charge in [0, 0.05) is 26.0 Å². The number of aromatic nitrogens is 1. The third-order valence-corrected chi connectivity index (χ3v) is 3.90. The molecule has 1 saturated heterocycles. The van der Waals surface area contributed by atoms with Crippen molar-refractivity contribution in [3.05, 3.63) is 23.4 Å². The van der Waals surface area contributed by atoms with Gasteiger partial charge in [0.05, 0.1) is 11.0 Å². The highest BCUT2D eigenvalue weighted by Crippen LogP contribution is 2.31. The second kappa shape index (κ2) is 6.09. The zero-order chi connectivity index (χ0) is 15.5. The molecule has 0 bridgehead atoms. The van der Waals surface area contributed by atoms with Crippen LogP contribution in [0.4, 0.5) is 5.82 Å². The molecule has 0 atom stereocenters. The Morgan fingerprint density at radius 1 is 1.48 bits per heavy atom. The number of carboxylic acids is 1. The van der Waals surface area contributed by atoms with Crippen LogP contribution in [0.15, 0.2) is 12.3 Å². The molecule has 7 heteroatoms. The van der Waals surface area contributed by atoms with Gasteiger partial charge < -0.3 is 20.9 Å². The highest BCUT2D eigenvalue weighted by atomic mass is 16.5. The van der Waals surface area contributed by atoms with Crippen molar-refractivity contribution in [3.8, 4) is 0 Å². The highest BCUT2D eigenvalue weighted by molar-refractivity contribution is 5.99. The standard InChI is InChI=1S/C14H19N3O4/c1-9-2-5-16-12(10(9)11(15)18)17-8-14(13(19)20)3-6-21-7-4-14/h2,5H,3-4,6-8H2,1H3,(H2,15,18)(H,16,17)(H,19,20). The molecule has 0 radical (unpaired) electrons. The zero-order valence-corrected chi connectivity index (χ0v) is 11.9. The molecule has 21 heavy (non-hydrogen) atoms. The molecular weight excluding hydrogens is 274 g/mol. The van der Waals surface area contributed by atoms with Gasteiger partial charge in [-0.05, 0) is 31.4 Å². The summed E-state index contributed by atoms with van der Waals surface area (Å²) in [6, 6.07) is 1.69. The summed E-state index contributed by atoms with van der Waals surface area (Å²) >= 11 is 0. The highest BCUT2D eigenvalue weighted by Gasteiger charge is 2.40. The van der Waals surface area contributed by atoms with E-state index in [2.05, 4.69) is 10.3 Å². The third-order valence-electron chi connectivity index (χ3n) is 3.90. The maximum atomic E-state index is 11.6. The van der Waals surface area contributed by atoms with Crippen molar-refractivity contribution in [2.45, 2.75) is 19.8 Å². The topological polar surface area (TPSA) is 115 Å². The van der Waals surface area contributed by atoms with Crippen LogP contribution in [0, 0.1) is 12.3 Å². The SMILES string of the molecule is Cc1ccnc(NCC2(C(=O)O)CCOCC2)c1C(N)=O. The van der Waals surface area contributed by atoms with Crippen LogP contribution in [0.5, 0.6) is 0 Å². The van der Waals surface area contributed by atoms with Crippen LogP contribution in [0.2, 0.25) is 0 Å². The summed E-state index contributed by atoms with van der Waals surface area (Å²) in [5, 5.41) is 12.5. The van der Waals surface area contributed by atoms with Crippen LogP contribution in [0.25, 0.3) is 0 Å². The summed E-state index contributed by atoms with van der Waals surface area (Å²) in [5.74, 6) is -1.12. The number of hydrogen-bond acceptors (Lipinski definition) is 5. The monoisotopic (exact) mass is 293 g/mol. The maximum Gasteiger partial charge on any atom is 0.311 e. The molecule has 114 valence electrons. The molecule has 1 amide bonds. The number of pyridine rings is 1. The average molecular weight is 293 g/mol. The van der Waals surface area contributed by atoms with Gasteiger partial charge in [-0.2, -0.15) is 0 Å². The van der Waals surface area contributed by atoms with Gasteiger partial charge in [-0.3, -0.25) is 9.59 Å². The quantitative estimate of drug-likeness (QED) is 0.739. The second-order valence-corrected chi connectivity index (χ2v) is 5.27. The largest absolute Gasteiger partial charge is 0.481 e. The summed E-state index contributed by atoms with van der Waals surface area (Å²) in [6.45, 7) is 2.77. The van der Waals surface area contributed by atoms with Crippen LogP contribution in [-0.4, -0.2) is 41.7 Å². The number of primary amides is 1. The molecule has 1 aliphatic heterocycles. The molecule has 0 spiro atoms. The number of aliphatic carboxylic acids is 1. The van der Waals surface area contributed by atoms with E-state index in [9.17, 15) is 14.7 Å². The Kier molecular flexibility index (Phi) is 4.42. The fourth-order valence-electron chi connectivity index (χ4n) is 2.48. The minimum atomic E-state index is -0.904. The Labute approximate surface area is 122 Å². The van der Waals surface area contributed by atoms with Gasteiger partial charge in [-0.1, -0.05) is 0 Å². The third kappa shape index (κ3) is 3.13. The molecule has 0 aromatic carbocycles. The van der Waals surface area contributed by atoms with Crippen LogP contribution in [-0.2, 0) is 9.53 Å². The van der Waals surface area contributed by atoms with E-state index >= 15 is 0 Å². The first-order chi connectivity index (χ1) is 9.96. The number of hydrogen-bond donors (Lipinski definition) is 3. The van der Waals surface area contributed by atoms with E-state index in [0.717, 1.165) is 0 Å². The summed E-state index contributed by atoms with van der Waals surface area (Å²) in [6.07, 6.45) is 2.40. The summed E-state index contributed by atoms with van der Waals surface area (Å²) in [4.78, 5) is 27.2. The zero-order valence-electron chi connectivity index (χ0n) is 11.9. The van der Waals surface area contributed by atoms with Crippen LogP contribution >= 0.6 is 0 Å². The minimum Gasteiger partial charge on any atom is -0.481 e. The Bertz CT molecular complexity index is 553. The van der Waals surface area contributed by atoms with Gasteiger partial charge in [0.25, 0.3) is 5.91 Å². The number of anilines is 1. The van der Waals surface area contributed by atoms with E-state index in [-0.39, 0.29) is 6.54 Å². The van der Waals surface area contributed by atoms with Gasteiger partial charge in [-0.15, -0.1) is 0 Å². The van der Waals surface area contributed by atoms with E-state index in [1.807, 2.05) is 0 Å². The van der Waals surface area contributed by atoms with Crippen LogP contribution < -0.4 is 11.1 Å². The minimum absolute atomic E-state index is 0.183. The first kappa shape index (κ1) is 15.2. The molecule has 2 heterocycles. The lowest BCUT2D eigenvalue weighted by atomic mass is 9.80. The molecule has 0 unspecified atom stereocenters. The van der Waals surface area contributed by atoms with Crippen molar-refractivity contribution >= 4 is 17.7 Å². The van der Waals surface area contributed by atoms with Crippen LogP contribution in [0.1, 0.15) is 28.8 Å². The fraction of sp³-hybridized carbons (Fsp3) is 0.500. The van der Waals surface area contributed by atoms with Crippen molar-refractivity contribution < 1.29 is 19.4 Å². The lowest BCUT2D eigenvalue weighted by Gasteiger charge is -2.33. The van der Waals surface area contributed by atoms with Gasteiger partial charge in [0.2, 0.25) is 0 Å². The van der Waals surface area contributed by atoms with Crippen molar-refractivity contribution in [2.75, 3.05) is 25.1 Å². The van der Waals surface area contributed by atoms with Crippen LogP contribution in [0.3, 0.4) is 0 Å². The van der Waals surface area contributed by atoms with Gasteiger partial charge in [0.15, 0.2) is 0 Å². The number of amides is 1. The normalized spacial score (nSPS) is 17.2. The Morgan fingerprint density at radius 2 is 2.14 bits per heavy atom. The summed E-state index contributed by atoms with van der Waals surface area (Å²) in [7, 11) is 0. The molecule has 2 rings (SSSR count). The predicted octanol–water partition coefficient (Wildman–Crippen LogP) is 0.782. The summed E-state index contributed by atoms with van der Waals surface area (Å²) in [5.41, 5.74) is 5.46. The van der Waals surface area contributed by atoms with Crippen molar-refractivity contribution in [2.24, 2.45) is 11.1 Å². The number of carboxylic acid groups (broad SMARTS) is 1. The number of rotatable bonds is 5. The molecule has 1 fully saturated rings. The lowest BCUT2D eigenvalue weighted by Crippen LogP contribution is -2.43. The predicted molar refractivity (Wildman–Crippen MR) is 76.1 cm³/mol. The Balaban J connectivity index is 2.20. The molecule has 0 saturated carbocycles. The maximum absolute atomic E-state index is 11.6. The molecule has 1 aliphatic rings. The van der Waals surface area contributed by atoms with E-state index < -0.39 is 17.3 Å². The lowest BCUT2D eigenvalue weighted by molar-refractivity contribution is -0.153. The van der Waals surface area contributed by atoms with Gasteiger partial charge >= 0.3 is 5.97 Å². The van der Waals surface area contributed by atoms with E-state index in [0.29, 0.717) is 43.0 Å². The number of carbonyl (C=O) groups excluding carboxylic acids is 1. The van der Waals surface area contributed by atoms with E-state index in [1.165, 1.54) is 0 Å². The van der Waals surface area contributed by atoms with E-state index in [4.69, 9.17) is 10.5 Å². The fourth-order valence-corrected chi connectivity index (χ4v) is 2.48. The van der Waals surface area contributed by atoms with Crippen molar-refractivity contribution in [1.82, 2.24) is 4.98 Å². The van der Waals surface area contributed by atoms with Crippen molar-refractivity contribution in [1.29, 1.82) is 0 Å². The smallest absolute Gasteiger partial charge is 0.311 e. The molecular formula is C14H19N3O4. The number of nitrogens with two attached hydrogens (primary N) is 1. The summed E-state index contributed by atoms with van der Waals surface area (Å²) < 4.78 is 5.23. The number of nitrogens with zero attached hydrogens (tertiary/aromatic N) is 1. The first-order valence-electron chi connectivity index (χ1n) is 6.77. The van der Waals surface area contributed by atoms with E-state index in [1.54, 1.807) is 19.2 Å². The molecule has 4 N–H and O–H groups in total. The number of carbonyl (C=O) groups is 2. The molecule has 7 nitrogen and oxygen atoms in total. The molecule has 0 aliphatic carbocycles. The number of aryl methyl sites for hydroxylation is 1. The van der Waals surface area contributed by atoms with Gasteiger partial charge in [0.1, 0.15) is 5.82 Å². The Hall–Kier alpha value is -2.15. The number of nitrogens with one attached hydrogen (secondary N) is 1. The van der Waals surface area contributed by atoms with Gasteiger partial charge in [-0.25, -0.2) is 4.98 Å². The molecule has 1 aromatic rings. The Morgan fingerprint density at radius 3 is 2.71 bits per heavy atom. The first-order valence-corrected chi connectivity index (χ1v) is 6.77. The molecule has 1 aromatic heterocycles. The number of ether oxygens (including phenoxy) is 1. The average Bonchev–Trinajstić information content (AvgIpc) is 2.45.